The maximum Gasteiger partial charge on any atom is 0.248 e. The first-order valence-corrected chi connectivity index (χ1v) is 4.79. The normalized spacial score (nSPS) is 10.4. The first-order valence-electron chi connectivity index (χ1n) is 4.79. The van der Waals surface area contributed by atoms with Crippen LogP contribution in [0.15, 0.2) is 36.4 Å². The fourth-order valence-corrected chi connectivity index (χ4v) is 1.16. The van der Waals surface area contributed by atoms with E-state index in [0.717, 1.165) is 12.1 Å². The van der Waals surface area contributed by atoms with Gasteiger partial charge >= 0.3 is 0 Å². The number of benzene rings is 1. The van der Waals surface area contributed by atoms with Gasteiger partial charge in [-0.3, -0.25) is 4.79 Å². The summed E-state index contributed by atoms with van der Waals surface area (Å²) in [5, 5.41) is 2.77. The van der Waals surface area contributed by atoms with E-state index in [1.165, 1.54) is 11.6 Å². The minimum absolute atomic E-state index is 0.0863. The maximum absolute atomic E-state index is 11.2. The van der Waals surface area contributed by atoms with Crippen LogP contribution in [-0.4, -0.2) is 5.91 Å². The summed E-state index contributed by atoms with van der Waals surface area (Å²) < 4.78 is 0. The van der Waals surface area contributed by atoms with Crippen LogP contribution in [0.3, 0.4) is 0 Å². The Balaban J connectivity index is 2.64. The standard InChI is InChI=1S/C12H15NO/c1-3-5-12(14)13-11-8-6-10(4-2)7-9-11/h3,5-9H,4H2,1-2H3,(H,13,14). The summed E-state index contributed by atoms with van der Waals surface area (Å²) in [6, 6.07) is 7.87. The molecule has 0 fully saturated rings. The van der Waals surface area contributed by atoms with Crippen LogP contribution in [-0.2, 0) is 11.2 Å². The molecule has 2 nitrogen and oxygen atoms in total. The molecule has 1 rings (SSSR count). The van der Waals surface area contributed by atoms with E-state index in [4.69, 9.17) is 0 Å². The molecule has 1 aromatic rings. The predicted octanol–water partition coefficient (Wildman–Crippen LogP) is 2.76. The lowest BCUT2D eigenvalue weighted by Crippen LogP contribution is -2.07. The van der Waals surface area contributed by atoms with E-state index in [9.17, 15) is 4.79 Å². The van der Waals surface area contributed by atoms with Gasteiger partial charge in [0.25, 0.3) is 0 Å². The van der Waals surface area contributed by atoms with Gasteiger partial charge in [-0.05, 0) is 37.1 Å². The molecule has 1 N–H and O–H groups in total. The number of hydrogen-bond donors (Lipinski definition) is 1. The average Bonchev–Trinajstić information content (AvgIpc) is 2.19. The van der Waals surface area contributed by atoms with Crippen molar-refractivity contribution in [3.8, 4) is 0 Å². The molecule has 1 aromatic carbocycles. The number of nitrogens with one attached hydrogen (secondary N) is 1. The molecule has 0 saturated carbocycles. The van der Waals surface area contributed by atoms with Gasteiger partial charge < -0.3 is 5.32 Å². The Bertz CT molecular complexity index is 325. The number of hydrogen-bond acceptors (Lipinski definition) is 1. The summed E-state index contributed by atoms with van der Waals surface area (Å²) in [6.07, 6.45) is 4.24. The summed E-state index contributed by atoms with van der Waals surface area (Å²) in [5.74, 6) is -0.0863. The fourth-order valence-electron chi connectivity index (χ4n) is 1.16. The van der Waals surface area contributed by atoms with E-state index in [1.54, 1.807) is 6.08 Å². The molecule has 0 unspecified atom stereocenters. The highest BCUT2D eigenvalue weighted by molar-refractivity contribution is 5.99. The highest BCUT2D eigenvalue weighted by Gasteiger charge is 1.96. The zero-order valence-electron chi connectivity index (χ0n) is 8.58. The molecule has 74 valence electrons. The van der Waals surface area contributed by atoms with E-state index in [-0.39, 0.29) is 5.91 Å². The van der Waals surface area contributed by atoms with Gasteiger partial charge in [-0.25, -0.2) is 0 Å². The number of anilines is 1. The lowest BCUT2D eigenvalue weighted by molar-refractivity contribution is -0.111. The third kappa shape index (κ3) is 3.05. The molecule has 0 atom stereocenters. The third-order valence-corrected chi connectivity index (χ3v) is 1.95. The van der Waals surface area contributed by atoms with Crippen LogP contribution in [0.1, 0.15) is 19.4 Å². The van der Waals surface area contributed by atoms with Crippen LogP contribution in [0.25, 0.3) is 0 Å². The van der Waals surface area contributed by atoms with Gasteiger partial charge in [-0.2, -0.15) is 0 Å². The number of rotatable bonds is 3. The first-order chi connectivity index (χ1) is 6.76. The molecule has 0 aliphatic heterocycles. The summed E-state index contributed by atoms with van der Waals surface area (Å²) in [5.41, 5.74) is 2.11. The minimum atomic E-state index is -0.0863. The molecule has 0 aromatic heterocycles. The van der Waals surface area contributed by atoms with Gasteiger partial charge in [0, 0.05) is 5.69 Å². The van der Waals surface area contributed by atoms with Crippen molar-refractivity contribution >= 4 is 11.6 Å². The summed E-state index contributed by atoms with van der Waals surface area (Å²) in [6.45, 7) is 3.92. The highest BCUT2D eigenvalue weighted by Crippen LogP contribution is 2.09. The average molecular weight is 189 g/mol. The Morgan fingerprint density at radius 1 is 1.36 bits per heavy atom. The Labute approximate surface area is 84.6 Å². The second kappa shape index (κ2) is 5.22. The second-order valence-corrected chi connectivity index (χ2v) is 3.04. The predicted molar refractivity (Wildman–Crippen MR) is 59.3 cm³/mol. The van der Waals surface area contributed by atoms with Crippen molar-refractivity contribution in [2.75, 3.05) is 5.32 Å². The van der Waals surface area contributed by atoms with Crippen molar-refractivity contribution in [1.29, 1.82) is 0 Å². The number of carbonyl (C=O) groups excluding carboxylic acids is 1. The van der Waals surface area contributed by atoms with Gasteiger partial charge in [0.1, 0.15) is 0 Å². The zero-order chi connectivity index (χ0) is 10.4. The molecule has 1 amide bonds. The second-order valence-electron chi connectivity index (χ2n) is 3.04. The molecule has 0 bridgehead atoms. The van der Waals surface area contributed by atoms with Crippen LogP contribution in [0.2, 0.25) is 0 Å². The molecule has 0 aliphatic carbocycles. The third-order valence-electron chi connectivity index (χ3n) is 1.95. The van der Waals surface area contributed by atoms with Gasteiger partial charge in [0.05, 0.1) is 0 Å². The fraction of sp³-hybridized carbons (Fsp3) is 0.250. The van der Waals surface area contributed by atoms with Gasteiger partial charge in [0.2, 0.25) is 5.91 Å². The van der Waals surface area contributed by atoms with Crippen molar-refractivity contribution in [3.05, 3.63) is 42.0 Å². The van der Waals surface area contributed by atoms with Crippen LogP contribution in [0.4, 0.5) is 5.69 Å². The number of amides is 1. The summed E-state index contributed by atoms with van der Waals surface area (Å²) in [7, 11) is 0. The van der Waals surface area contributed by atoms with Crippen molar-refractivity contribution in [3.63, 3.8) is 0 Å². The summed E-state index contributed by atoms with van der Waals surface area (Å²) in [4.78, 5) is 11.2. The lowest BCUT2D eigenvalue weighted by atomic mass is 10.1. The SMILES string of the molecule is CC=CC(=O)Nc1ccc(CC)cc1. The van der Waals surface area contributed by atoms with E-state index in [0.29, 0.717) is 0 Å². The Kier molecular flexibility index (Phi) is 3.92. The quantitative estimate of drug-likeness (QED) is 0.728. The molecule has 0 heterocycles. The van der Waals surface area contributed by atoms with E-state index < -0.39 is 0 Å². The molecular weight excluding hydrogens is 174 g/mol. The summed E-state index contributed by atoms with van der Waals surface area (Å²) >= 11 is 0. The Morgan fingerprint density at radius 3 is 2.50 bits per heavy atom. The van der Waals surface area contributed by atoms with Gasteiger partial charge in [-0.1, -0.05) is 25.1 Å². The van der Waals surface area contributed by atoms with Crippen molar-refractivity contribution in [2.24, 2.45) is 0 Å². The Hall–Kier alpha value is -1.57. The zero-order valence-corrected chi connectivity index (χ0v) is 8.58. The Morgan fingerprint density at radius 2 is 2.00 bits per heavy atom. The molecule has 0 radical (unpaired) electrons. The van der Waals surface area contributed by atoms with E-state index >= 15 is 0 Å². The molecule has 2 heteroatoms. The minimum Gasteiger partial charge on any atom is -0.323 e. The number of carbonyl (C=O) groups is 1. The molecule has 0 spiro atoms. The largest absolute Gasteiger partial charge is 0.323 e. The number of aryl methyl sites for hydroxylation is 1. The molecule has 14 heavy (non-hydrogen) atoms. The van der Waals surface area contributed by atoms with Crippen LogP contribution in [0.5, 0.6) is 0 Å². The topological polar surface area (TPSA) is 29.1 Å². The highest BCUT2D eigenvalue weighted by atomic mass is 16.1. The lowest BCUT2D eigenvalue weighted by Gasteiger charge is -2.02. The van der Waals surface area contributed by atoms with Crippen LogP contribution in [0, 0.1) is 0 Å². The van der Waals surface area contributed by atoms with Crippen molar-refractivity contribution in [2.45, 2.75) is 20.3 Å². The maximum atomic E-state index is 11.2. The van der Waals surface area contributed by atoms with Gasteiger partial charge in [0.15, 0.2) is 0 Å². The van der Waals surface area contributed by atoms with Crippen molar-refractivity contribution in [1.82, 2.24) is 0 Å². The van der Waals surface area contributed by atoms with Crippen molar-refractivity contribution < 1.29 is 4.79 Å². The first kappa shape index (κ1) is 10.5. The molecule has 0 saturated heterocycles. The van der Waals surface area contributed by atoms with Crippen LogP contribution >= 0.6 is 0 Å². The smallest absolute Gasteiger partial charge is 0.248 e. The molecule has 0 aliphatic rings. The molecular formula is C12H15NO. The van der Waals surface area contributed by atoms with E-state index in [2.05, 4.69) is 12.2 Å². The van der Waals surface area contributed by atoms with E-state index in [1.807, 2.05) is 31.2 Å². The van der Waals surface area contributed by atoms with Gasteiger partial charge in [-0.15, -0.1) is 0 Å². The van der Waals surface area contributed by atoms with Crippen LogP contribution < -0.4 is 5.32 Å². The number of allylic oxidation sites excluding steroid dienone is 1. The monoisotopic (exact) mass is 189 g/mol.